The molecule has 0 saturated heterocycles. The number of likely N-dealkylation sites (N-methyl/N-ethyl adjacent to an activating group) is 1. The van der Waals surface area contributed by atoms with Crippen LogP contribution in [-0.2, 0) is 16.0 Å². The number of carbonyl (C=O) groups is 3. The third-order valence-electron chi connectivity index (χ3n) is 9.02. The molecule has 3 aromatic carbocycles. The first-order valence-corrected chi connectivity index (χ1v) is 17.2. The Bertz CT molecular complexity index is 1620. The van der Waals surface area contributed by atoms with Crippen LogP contribution in [0.25, 0.3) is 0 Å². The number of amides is 4. The first-order valence-electron chi connectivity index (χ1n) is 17.2. The molecule has 3 aromatic rings. The smallest absolute Gasteiger partial charge is 0.323 e. The SMILES string of the molecule is C[C@@H]1CCCCO[C@@H](CN(C)C(=O)Cc2ccccc2)[C@@H](C)CN([C@H](C)CO)C(=O)c2cc(NC(=O)Nc3ccc4c(c3)OCO4)ccc2O1. The molecule has 0 unspecified atom stereocenters. The quantitative estimate of drug-likeness (QED) is 0.280. The van der Waals surface area contributed by atoms with Gasteiger partial charge < -0.3 is 44.5 Å². The van der Waals surface area contributed by atoms with Crippen molar-refractivity contribution in [2.24, 2.45) is 5.92 Å². The maximum absolute atomic E-state index is 14.4. The molecule has 2 aliphatic rings. The summed E-state index contributed by atoms with van der Waals surface area (Å²) >= 11 is 0. The summed E-state index contributed by atoms with van der Waals surface area (Å²) < 4.78 is 23.5. The summed E-state index contributed by atoms with van der Waals surface area (Å²) in [6.45, 7) is 6.70. The van der Waals surface area contributed by atoms with E-state index in [9.17, 15) is 19.5 Å². The van der Waals surface area contributed by atoms with Crippen LogP contribution in [0.1, 0.15) is 56.0 Å². The number of carbonyl (C=O) groups excluding carboxylic acids is 3. The fourth-order valence-electron chi connectivity index (χ4n) is 6.01. The Morgan fingerprint density at radius 1 is 0.960 bits per heavy atom. The second-order valence-corrected chi connectivity index (χ2v) is 13.1. The van der Waals surface area contributed by atoms with Crippen LogP contribution in [0.5, 0.6) is 17.2 Å². The van der Waals surface area contributed by atoms with Gasteiger partial charge in [-0.15, -0.1) is 0 Å². The third kappa shape index (κ3) is 9.66. The molecule has 2 heterocycles. The number of hydrogen-bond donors (Lipinski definition) is 3. The van der Waals surface area contributed by atoms with E-state index in [0.29, 0.717) is 41.8 Å². The number of nitrogens with zero attached hydrogens (tertiary/aromatic N) is 2. The van der Waals surface area contributed by atoms with Crippen LogP contribution in [0.3, 0.4) is 0 Å². The van der Waals surface area contributed by atoms with Gasteiger partial charge in [0.1, 0.15) is 5.75 Å². The Kier molecular flexibility index (Phi) is 12.6. The molecule has 0 aliphatic carbocycles. The normalized spacial score (nSPS) is 20.1. The number of ether oxygens (including phenoxy) is 4. The number of fused-ring (bicyclic) bond motifs is 2. The third-order valence-corrected chi connectivity index (χ3v) is 9.02. The minimum absolute atomic E-state index is 0.0226. The molecule has 268 valence electrons. The van der Waals surface area contributed by atoms with Crippen molar-refractivity contribution < 1.29 is 38.4 Å². The number of rotatable bonds is 8. The Morgan fingerprint density at radius 2 is 1.66 bits per heavy atom. The van der Waals surface area contributed by atoms with Crippen molar-refractivity contribution in [3.05, 3.63) is 77.9 Å². The predicted octanol–water partition coefficient (Wildman–Crippen LogP) is 5.56. The lowest BCUT2D eigenvalue weighted by atomic mass is 10.0. The van der Waals surface area contributed by atoms with Crippen LogP contribution in [0.2, 0.25) is 0 Å². The average molecular weight is 689 g/mol. The summed E-state index contributed by atoms with van der Waals surface area (Å²) in [5.41, 5.74) is 2.10. The zero-order chi connectivity index (χ0) is 35.6. The second-order valence-electron chi connectivity index (χ2n) is 13.1. The molecule has 50 heavy (non-hydrogen) atoms. The number of hydrogen-bond acceptors (Lipinski definition) is 8. The van der Waals surface area contributed by atoms with E-state index in [1.54, 1.807) is 60.2 Å². The van der Waals surface area contributed by atoms with Gasteiger partial charge in [-0.05, 0) is 69.0 Å². The number of urea groups is 1. The number of nitrogens with one attached hydrogen (secondary N) is 2. The summed E-state index contributed by atoms with van der Waals surface area (Å²) in [4.78, 5) is 43.9. The van der Waals surface area contributed by atoms with Crippen molar-refractivity contribution in [1.82, 2.24) is 9.80 Å². The Morgan fingerprint density at radius 3 is 2.40 bits per heavy atom. The highest BCUT2D eigenvalue weighted by atomic mass is 16.7. The minimum atomic E-state index is -0.535. The van der Waals surface area contributed by atoms with Crippen LogP contribution in [-0.4, -0.2) is 91.1 Å². The minimum Gasteiger partial charge on any atom is -0.490 e. The summed E-state index contributed by atoms with van der Waals surface area (Å²) in [7, 11) is 1.78. The van der Waals surface area contributed by atoms with E-state index < -0.39 is 12.1 Å². The predicted molar refractivity (Wildman–Crippen MR) is 190 cm³/mol. The second kappa shape index (κ2) is 17.2. The van der Waals surface area contributed by atoms with Gasteiger partial charge in [0.15, 0.2) is 11.5 Å². The largest absolute Gasteiger partial charge is 0.490 e. The maximum Gasteiger partial charge on any atom is 0.323 e. The van der Waals surface area contributed by atoms with E-state index in [2.05, 4.69) is 10.6 Å². The van der Waals surface area contributed by atoms with Crippen molar-refractivity contribution >= 4 is 29.2 Å². The molecule has 0 spiro atoms. The molecule has 0 fully saturated rings. The van der Waals surface area contributed by atoms with E-state index in [-0.39, 0.29) is 61.9 Å². The lowest BCUT2D eigenvalue weighted by Gasteiger charge is -2.36. The molecule has 12 nitrogen and oxygen atoms in total. The van der Waals surface area contributed by atoms with Gasteiger partial charge in [-0.3, -0.25) is 9.59 Å². The van der Waals surface area contributed by atoms with Crippen molar-refractivity contribution in [1.29, 1.82) is 0 Å². The van der Waals surface area contributed by atoms with Gasteiger partial charge in [0, 0.05) is 50.1 Å². The standard InChI is InChI=1S/C38H48N4O8/c1-25-21-42(26(2)23-43)37(45)31-19-29(39-38(46)40-30-14-16-33-34(20-30)49-24-48-33)13-15-32(31)50-27(3)10-8-9-17-47-35(25)22-41(4)36(44)18-28-11-6-5-7-12-28/h5-7,11-16,19-20,25-27,35,43H,8-10,17-18,21-24H2,1-4H3,(H2,39,40,46)/t25-,26+,27+,35-/m0/s1. The summed E-state index contributed by atoms with van der Waals surface area (Å²) in [5.74, 6) is 0.960. The zero-order valence-corrected chi connectivity index (χ0v) is 29.2. The lowest BCUT2D eigenvalue weighted by molar-refractivity contribution is -0.131. The van der Waals surface area contributed by atoms with Crippen molar-refractivity contribution in [2.75, 3.05) is 50.8 Å². The van der Waals surface area contributed by atoms with E-state index in [0.717, 1.165) is 24.8 Å². The van der Waals surface area contributed by atoms with Gasteiger partial charge in [0.2, 0.25) is 12.7 Å². The van der Waals surface area contributed by atoms with E-state index in [4.69, 9.17) is 18.9 Å². The number of benzene rings is 3. The first kappa shape index (κ1) is 36.5. The van der Waals surface area contributed by atoms with Crippen molar-refractivity contribution in [3.8, 4) is 17.2 Å². The van der Waals surface area contributed by atoms with Crippen LogP contribution in [0, 0.1) is 5.92 Å². The number of anilines is 2. The van der Waals surface area contributed by atoms with Gasteiger partial charge in [0.25, 0.3) is 5.91 Å². The topological polar surface area (TPSA) is 139 Å². The van der Waals surface area contributed by atoms with Gasteiger partial charge >= 0.3 is 6.03 Å². The molecule has 12 heteroatoms. The first-order chi connectivity index (χ1) is 24.1. The maximum atomic E-state index is 14.4. The van der Waals surface area contributed by atoms with Gasteiger partial charge in [-0.1, -0.05) is 37.3 Å². The molecule has 4 atom stereocenters. The zero-order valence-electron chi connectivity index (χ0n) is 29.2. The highest BCUT2D eigenvalue weighted by Crippen LogP contribution is 2.34. The summed E-state index contributed by atoms with van der Waals surface area (Å²) in [6.07, 6.45) is 2.12. The Labute approximate surface area is 293 Å². The van der Waals surface area contributed by atoms with E-state index >= 15 is 0 Å². The lowest BCUT2D eigenvalue weighted by Crippen LogP contribution is -2.48. The van der Waals surface area contributed by atoms with Crippen molar-refractivity contribution in [3.63, 3.8) is 0 Å². The molecule has 0 bridgehead atoms. The highest BCUT2D eigenvalue weighted by Gasteiger charge is 2.31. The molecule has 0 saturated carbocycles. The number of aliphatic hydroxyl groups excluding tert-OH is 1. The van der Waals surface area contributed by atoms with Crippen LogP contribution in [0.15, 0.2) is 66.7 Å². The van der Waals surface area contributed by atoms with Gasteiger partial charge in [0.05, 0.1) is 36.8 Å². The van der Waals surface area contributed by atoms with E-state index in [1.807, 2.05) is 44.2 Å². The molecular formula is C38H48N4O8. The Hall–Kier alpha value is -4.81. The van der Waals surface area contributed by atoms with E-state index in [1.165, 1.54) is 0 Å². The summed E-state index contributed by atoms with van der Waals surface area (Å²) in [5, 5.41) is 15.9. The molecule has 0 radical (unpaired) electrons. The van der Waals surface area contributed by atoms with Crippen LogP contribution >= 0.6 is 0 Å². The number of aliphatic hydroxyl groups is 1. The Balaban J connectivity index is 1.36. The van der Waals surface area contributed by atoms with Crippen LogP contribution < -0.4 is 24.8 Å². The molecule has 2 aliphatic heterocycles. The molecular weight excluding hydrogens is 640 g/mol. The molecule has 4 amide bonds. The van der Waals surface area contributed by atoms with Crippen LogP contribution in [0.4, 0.5) is 16.2 Å². The summed E-state index contributed by atoms with van der Waals surface area (Å²) in [6, 6.07) is 18.7. The monoisotopic (exact) mass is 688 g/mol. The molecule has 0 aromatic heterocycles. The van der Waals surface area contributed by atoms with Crippen molar-refractivity contribution in [2.45, 2.75) is 64.7 Å². The molecule has 5 rings (SSSR count). The average Bonchev–Trinajstić information content (AvgIpc) is 3.58. The fraction of sp³-hybridized carbons (Fsp3) is 0.447. The highest BCUT2D eigenvalue weighted by molar-refractivity contribution is 6.02. The van der Waals surface area contributed by atoms with Gasteiger partial charge in [-0.2, -0.15) is 0 Å². The van der Waals surface area contributed by atoms with Gasteiger partial charge in [-0.25, -0.2) is 4.79 Å². The molecule has 3 N–H and O–H groups in total. The fourth-order valence-corrected chi connectivity index (χ4v) is 6.01.